The van der Waals surface area contributed by atoms with Gasteiger partial charge in [-0.15, -0.1) is 0 Å². The lowest BCUT2D eigenvalue weighted by Gasteiger charge is -2.34. The van der Waals surface area contributed by atoms with Crippen molar-refractivity contribution < 1.29 is 0 Å². The molecular weight excluding hydrogens is 236 g/mol. The molecule has 0 aliphatic carbocycles. The number of rotatable bonds is 5. The summed E-state index contributed by atoms with van der Waals surface area (Å²) in [5.41, 5.74) is 1.43. The third kappa shape index (κ3) is 4.69. The van der Waals surface area contributed by atoms with Crippen LogP contribution in [0.2, 0.25) is 0 Å². The van der Waals surface area contributed by atoms with Gasteiger partial charge in [-0.2, -0.15) is 0 Å². The number of aromatic nitrogens is 2. The fraction of sp³-hybridized carbons (Fsp3) is 0.733. The molecule has 4 nitrogen and oxygen atoms in total. The Labute approximate surface area is 117 Å². The van der Waals surface area contributed by atoms with Crippen LogP contribution in [0.1, 0.15) is 53.5 Å². The standard InChI is InChI=1S/C15H28N4/c1-8-11-12(16-7)17-10-18-13(11)19-15(5,6)9-14(2,3)4/h10H,8-9H2,1-7H3,(H2,16,17,18,19). The van der Waals surface area contributed by atoms with Gasteiger partial charge in [-0.1, -0.05) is 27.7 Å². The van der Waals surface area contributed by atoms with Crippen LogP contribution >= 0.6 is 0 Å². The third-order valence-corrected chi connectivity index (χ3v) is 2.96. The first-order valence-electron chi connectivity index (χ1n) is 6.98. The molecule has 0 bridgehead atoms. The molecular formula is C15H28N4. The van der Waals surface area contributed by atoms with Crippen LogP contribution in [-0.4, -0.2) is 22.6 Å². The molecule has 4 heteroatoms. The maximum atomic E-state index is 4.41. The number of hydrogen-bond acceptors (Lipinski definition) is 4. The van der Waals surface area contributed by atoms with Crippen LogP contribution in [0.15, 0.2) is 6.33 Å². The van der Waals surface area contributed by atoms with Crippen molar-refractivity contribution in [3.05, 3.63) is 11.9 Å². The summed E-state index contributed by atoms with van der Waals surface area (Å²) >= 11 is 0. The number of hydrogen-bond donors (Lipinski definition) is 2. The second kappa shape index (κ2) is 5.76. The van der Waals surface area contributed by atoms with Crippen molar-refractivity contribution >= 4 is 11.6 Å². The Kier molecular flexibility index (Phi) is 4.77. The first-order chi connectivity index (χ1) is 8.68. The molecule has 1 rings (SSSR count). The fourth-order valence-electron chi connectivity index (χ4n) is 2.76. The van der Waals surface area contributed by atoms with Gasteiger partial charge in [0.05, 0.1) is 0 Å². The van der Waals surface area contributed by atoms with Crippen molar-refractivity contribution in [1.82, 2.24) is 9.97 Å². The molecule has 0 aliphatic rings. The van der Waals surface area contributed by atoms with Crippen LogP contribution in [0.4, 0.5) is 11.6 Å². The van der Waals surface area contributed by atoms with Crippen molar-refractivity contribution in [3.63, 3.8) is 0 Å². The maximum Gasteiger partial charge on any atom is 0.135 e. The van der Waals surface area contributed by atoms with Gasteiger partial charge in [-0.05, 0) is 32.1 Å². The summed E-state index contributed by atoms with van der Waals surface area (Å²) in [5.74, 6) is 1.85. The van der Waals surface area contributed by atoms with Crippen molar-refractivity contribution in [2.24, 2.45) is 5.41 Å². The van der Waals surface area contributed by atoms with Crippen LogP contribution in [-0.2, 0) is 6.42 Å². The largest absolute Gasteiger partial charge is 0.373 e. The highest BCUT2D eigenvalue weighted by Gasteiger charge is 2.26. The lowest BCUT2D eigenvalue weighted by Crippen LogP contribution is -2.36. The van der Waals surface area contributed by atoms with Crippen LogP contribution in [0.5, 0.6) is 0 Å². The molecule has 0 amide bonds. The Morgan fingerprint density at radius 1 is 1.05 bits per heavy atom. The Hall–Kier alpha value is -1.32. The maximum absolute atomic E-state index is 4.41. The number of nitrogens with zero attached hydrogens (tertiary/aromatic N) is 2. The second-order valence-electron chi connectivity index (χ2n) is 6.90. The molecule has 1 aromatic heterocycles. The van der Waals surface area contributed by atoms with E-state index in [1.807, 2.05) is 7.05 Å². The first-order valence-corrected chi connectivity index (χ1v) is 6.98. The van der Waals surface area contributed by atoms with E-state index in [1.165, 1.54) is 0 Å². The Balaban J connectivity index is 2.99. The zero-order valence-corrected chi connectivity index (χ0v) is 13.4. The van der Waals surface area contributed by atoms with E-state index in [0.29, 0.717) is 0 Å². The molecule has 0 radical (unpaired) electrons. The van der Waals surface area contributed by atoms with E-state index >= 15 is 0 Å². The van der Waals surface area contributed by atoms with Crippen LogP contribution in [0.3, 0.4) is 0 Å². The van der Waals surface area contributed by atoms with Crippen molar-refractivity contribution in [1.29, 1.82) is 0 Å². The molecule has 1 aromatic rings. The zero-order chi connectivity index (χ0) is 14.7. The highest BCUT2D eigenvalue weighted by molar-refractivity contribution is 5.57. The van der Waals surface area contributed by atoms with Crippen LogP contribution in [0, 0.1) is 5.41 Å². The summed E-state index contributed by atoms with van der Waals surface area (Å²) < 4.78 is 0. The molecule has 0 aromatic carbocycles. The molecule has 0 aliphatic heterocycles. The van der Waals surface area contributed by atoms with Gasteiger partial charge < -0.3 is 10.6 Å². The van der Waals surface area contributed by atoms with Crippen molar-refractivity contribution in [2.45, 2.75) is 59.9 Å². The summed E-state index contributed by atoms with van der Waals surface area (Å²) in [5, 5.41) is 6.71. The van der Waals surface area contributed by atoms with Crippen LogP contribution < -0.4 is 10.6 Å². The minimum atomic E-state index is 0.00152. The number of anilines is 2. The lowest BCUT2D eigenvalue weighted by molar-refractivity contribution is 0.302. The topological polar surface area (TPSA) is 49.8 Å². The Morgan fingerprint density at radius 2 is 1.63 bits per heavy atom. The average Bonchev–Trinajstić information content (AvgIpc) is 2.24. The molecule has 1 heterocycles. The smallest absolute Gasteiger partial charge is 0.135 e. The summed E-state index contributed by atoms with van der Waals surface area (Å²) in [7, 11) is 1.89. The van der Waals surface area contributed by atoms with Gasteiger partial charge in [-0.3, -0.25) is 0 Å². The summed E-state index contributed by atoms with van der Waals surface area (Å²) in [4.78, 5) is 8.68. The van der Waals surface area contributed by atoms with E-state index in [9.17, 15) is 0 Å². The summed E-state index contributed by atoms with van der Waals surface area (Å²) in [6, 6.07) is 0. The predicted octanol–water partition coefficient (Wildman–Crippen LogP) is 3.71. The molecule has 0 atom stereocenters. The first kappa shape index (κ1) is 15.7. The van der Waals surface area contributed by atoms with Gasteiger partial charge in [0.2, 0.25) is 0 Å². The molecule has 2 N–H and O–H groups in total. The van der Waals surface area contributed by atoms with Gasteiger partial charge in [0.1, 0.15) is 18.0 Å². The van der Waals surface area contributed by atoms with E-state index in [2.05, 4.69) is 62.1 Å². The quantitative estimate of drug-likeness (QED) is 0.851. The third-order valence-electron chi connectivity index (χ3n) is 2.96. The van der Waals surface area contributed by atoms with E-state index in [1.54, 1.807) is 6.33 Å². The van der Waals surface area contributed by atoms with Gasteiger partial charge in [0, 0.05) is 18.2 Å². The van der Waals surface area contributed by atoms with Gasteiger partial charge >= 0.3 is 0 Å². The number of nitrogens with one attached hydrogen (secondary N) is 2. The van der Waals surface area contributed by atoms with Gasteiger partial charge in [0.25, 0.3) is 0 Å². The van der Waals surface area contributed by atoms with Gasteiger partial charge in [0.15, 0.2) is 0 Å². The van der Waals surface area contributed by atoms with Crippen molar-refractivity contribution in [3.8, 4) is 0 Å². The van der Waals surface area contributed by atoms with E-state index in [4.69, 9.17) is 0 Å². The van der Waals surface area contributed by atoms with Crippen LogP contribution in [0.25, 0.3) is 0 Å². The van der Waals surface area contributed by atoms with Gasteiger partial charge in [-0.25, -0.2) is 9.97 Å². The molecule has 0 unspecified atom stereocenters. The monoisotopic (exact) mass is 264 g/mol. The predicted molar refractivity (Wildman–Crippen MR) is 82.7 cm³/mol. The Bertz CT molecular complexity index is 419. The van der Waals surface area contributed by atoms with E-state index in [0.717, 1.165) is 30.0 Å². The minimum absolute atomic E-state index is 0.00152. The molecule has 0 saturated heterocycles. The molecule has 0 spiro atoms. The second-order valence-corrected chi connectivity index (χ2v) is 6.90. The zero-order valence-electron chi connectivity index (χ0n) is 13.4. The summed E-state index contributed by atoms with van der Waals surface area (Å²) in [6.45, 7) is 13.3. The molecule has 0 saturated carbocycles. The van der Waals surface area contributed by atoms with Crippen molar-refractivity contribution in [2.75, 3.05) is 17.7 Å². The Morgan fingerprint density at radius 3 is 2.11 bits per heavy atom. The highest BCUT2D eigenvalue weighted by Crippen LogP contribution is 2.31. The van der Waals surface area contributed by atoms with E-state index in [-0.39, 0.29) is 11.0 Å². The SMILES string of the molecule is CCc1c(NC)ncnc1NC(C)(C)CC(C)(C)C. The van der Waals surface area contributed by atoms with E-state index < -0.39 is 0 Å². The average molecular weight is 264 g/mol. The minimum Gasteiger partial charge on any atom is -0.373 e. The lowest BCUT2D eigenvalue weighted by atomic mass is 9.82. The molecule has 0 fully saturated rings. The highest BCUT2D eigenvalue weighted by atomic mass is 15.1. The fourth-order valence-corrected chi connectivity index (χ4v) is 2.76. The molecule has 108 valence electrons. The summed E-state index contributed by atoms with van der Waals surface area (Å²) in [6.07, 6.45) is 3.59. The molecule has 19 heavy (non-hydrogen) atoms. The normalized spacial score (nSPS) is 12.4.